The highest BCUT2D eigenvalue weighted by atomic mass is 35.5. The number of fused-ring (bicyclic) bond motifs is 2. The lowest BCUT2D eigenvalue weighted by Crippen LogP contribution is -2.49. The zero-order chi connectivity index (χ0) is 23.8. The first kappa shape index (κ1) is 25.2. The highest BCUT2D eigenvalue weighted by molar-refractivity contribution is 5.85. The third-order valence-electron chi connectivity index (χ3n) is 8.00. The summed E-state index contributed by atoms with van der Waals surface area (Å²) in [6.45, 7) is 1.30. The Kier molecular flexibility index (Phi) is 7.61. The summed E-state index contributed by atoms with van der Waals surface area (Å²) in [5.74, 6) is -0.871. The zero-order valence-corrected chi connectivity index (χ0v) is 21.1. The molecule has 1 N–H and O–H groups in total. The van der Waals surface area contributed by atoms with Crippen LogP contribution in [0.5, 0.6) is 5.75 Å². The van der Waals surface area contributed by atoms with Crippen LogP contribution in [0, 0.1) is 11.6 Å². The molecule has 2 saturated heterocycles. The summed E-state index contributed by atoms with van der Waals surface area (Å²) >= 11 is 0. The van der Waals surface area contributed by atoms with E-state index in [-0.39, 0.29) is 36.7 Å². The molecule has 2 heterocycles. The van der Waals surface area contributed by atoms with E-state index in [9.17, 15) is 8.78 Å². The van der Waals surface area contributed by atoms with Crippen LogP contribution in [0.4, 0.5) is 8.78 Å². The van der Waals surface area contributed by atoms with Crippen molar-refractivity contribution in [2.45, 2.75) is 75.3 Å². The van der Waals surface area contributed by atoms with E-state index in [2.05, 4.69) is 40.5 Å². The van der Waals surface area contributed by atoms with Crippen molar-refractivity contribution in [1.82, 2.24) is 10.2 Å². The van der Waals surface area contributed by atoms with Gasteiger partial charge < -0.3 is 10.1 Å². The van der Waals surface area contributed by atoms with Gasteiger partial charge in [-0.25, -0.2) is 8.78 Å². The normalized spacial score (nSPS) is 26.9. The van der Waals surface area contributed by atoms with Gasteiger partial charge in [0.2, 0.25) is 0 Å². The average Bonchev–Trinajstić information content (AvgIpc) is 3.58. The summed E-state index contributed by atoms with van der Waals surface area (Å²) in [6, 6.07) is 24.7. The van der Waals surface area contributed by atoms with E-state index >= 15 is 0 Å². The van der Waals surface area contributed by atoms with Crippen molar-refractivity contribution in [3.63, 3.8) is 0 Å². The van der Waals surface area contributed by atoms with Crippen LogP contribution in [0.25, 0.3) is 0 Å². The van der Waals surface area contributed by atoms with Crippen LogP contribution in [-0.4, -0.2) is 29.1 Å². The molecule has 0 aromatic heterocycles. The van der Waals surface area contributed by atoms with Crippen LogP contribution in [0.2, 0.25) is 0 Å². The Bertz CT molecular complexity index is 1150. The molecule has 3 nitrogen and oxygen atoms in total. The monoisotopic (exact) mass is 510 g/mol. The lowest BCUT2D eigenvalue weighted by Gasteiger charge is -2.39. The maximum atomic E-state index is 14.7. The highest BCUT2D eigenvalue weighted by Gasteiger charge is 2.46. The molecule has 3 aromatic rings. The van der Waals surface area contributed by atoms with Gasteiger partial charge in [-0.05, 0) is 49.3 Å². The molecule has 4 atom stereocenters. The van der Waals surface area contributed by atoms with Gasteiger partial charge in [0.15, 0.2) is 11.6 Å². The average molecular weight is 511 g/mol. The summed E-state index contributed by atoms with van der Waals surface area (Å²) in [6.07, 6.45) is 5.69. The van der Waals surface area contributed by atoms with Gasteiger partial charge in [0.25, 0.3) is 0 Å². The molecule has 3 aromatic carbocycles. The first-order valence-corrected chi connectivity index (χ1v) is 12.9. The Morgan fingerprint density at radius 2 is 1.47 bits per heavy atom. The lowest BCUT2D eigenvalue weighted by molar-refractivity contribution is 0.108. The number of rotatable bonds is 8. The largest absolute Gasteiger partial charge is 0.486 e. The Labute approximate surface area is 218 Å². The molecular formula is C30H33ClF2N2O. The minimum Gasteiger partial charge on any atom is -0.486 e. The SMILES string of the molecule is Cl.Fc1cc(F)c(OCc2ccccc2)c([C@@H]2C[C@H]2NC2CC3CCC(C2)N3Cc2ccccc2)c1. The molecule has 190 valence electrons. The van der Waals surface area contributed by atoms with Gasteiger partial charge in [0, 0.05) is 48.3 Å². The predicted octanol–water partition coefficient (Wildman–Crippen LogP) is 6.61. The summed E-state index contributed by atoms with van der Waals surface area (Å²) in [7, 11) is 0. The quantitative estimate of drug-likeness (QED) is 0.369. The van der Waals surface area contributed by atoms with Crippen molar-refractivity contribution in [1.29, 1.82) is 0 Å². The third kappa shape index (κ3) is 5.44. The van der Waals surface area contributed by atoms with Crippen LogP contribution >= 0.6 is 12.4 Å². The lowest BCUT2D eigenvalue weighted by atomic mass is 9.96. The van der Waals surface area contributed by atoms with Crippen LogP contribution < -0.4 is 10.1 Å². The predicted molar refractivity (Wildman–Crippen MR) is 140 cm³/mol. The van der Waals surface area contributed by atoms with Crippen LogP contribution in [0.1, 0.15) is 54.7 Å². The number of halogens is 3. The first-order valence-electron chi connectivity index (χ1n) is 12.9. The number of hydrogen-bond donors (Lipinski definition) is 1. The van der Waals surface area contributed by atoms with Crippen LogP contribution in [0.3, 0.4) is 0 Å². The van der Waals surface area contributed by atoms with E-state index in [0.717, 1.165) is 37.4 Å². The number of piperidine rings is 1. The molecule has 0 amide bonds. The molecule has 1 saturated carbocycles. The van der Waals surface area contributed by atoms with Crippen LogP contribution in [0.15, 0.2) is 72.8 Å². The van der Waals surface area contributed by atoms with Gasteiger partial charge in [0.1, 0.15) is 12.4 Å². The fourth-order valence-electron chi connectivity index (χ4n) is 6.23. The smallest absolute Gasteiger partial charge is 0.168 e. The summed E-state index contributed by atoms with van der Waals surface area (Å²) in [5.41, 5.74) is 3.00. The zero-order valence-electron chi connectivity index (χ0n) is 20.3. The second-order valence-electron chi connectivity index (χ2n) is 10.4. The molecule has 2 bridgehead atoms. The molecule has 2 unspecified atom stereocenters. The van der Waals surface area contributed by atoms with Gasteiger partial charge in [0.05, 0.1) is 0 Å². The minimum absolute atomic E-state index is 0. The van der Waals surface area contributed by atoms with Crippen molar-refractivity contribution >= 4 is 12.4 Å². The molecule has 0 radical (unpaired) electrons. The van der Waals surface area contributed by atoms with Gasteiger partial charge in [-0.2, -0.15) is 0 Å². The summed E-state index contributed by atoms with van der Waals surface area (Å²) < 4.78 is 34.8. The fourth-order valence-corrected chi connectivity index (χ4v) is 6.23. The highest BCUT2D eigenvalue weighted by Crippen LogP contribution is 2.47. The van der Waals surface area contributed by atoms with E-state index in [1.165, 1.54) is 24.5 Å². The second kappa shape index (κ2) is 10.9. The van der Waals surface area contributed by atoms with Crippen molar-refractivity contribution in [3.05, 3.63) is 101 Å². The van der Waals surface area contributed by atoms with Gasteiger partial charge in [-0.3, -0.25) is 4.90 Å². The van der Waals surface area contributed by atoms with Crippen molar-refractivity contribution in [2.75, 3.05) is 0 Å². The Morgan fingerprint density at radius 3 is 2.14 bits per heavy atom. The number of benzene rings is 3. The number of hydrogen-bond acceptors (Lipinski definition) is 3. The number of nitrogens with one attached hydrogen (secondary N) is 1. The van der Waals surface area contributed by atoms with Gasteiger partial charge >= 0.3 is 0 Å². The summed E-state index contributed by atoms with van der Waals surface area (Å²) in [5, 5.41) is 3.84. The van der Waals surface area contributed by atoms with Gasteiger partial charge in [-0.1, -0.05) is 60.7 Å². The van der Waals surface area contributed by atoms with Crippen LogP contribution in [-0.2, 0) is 13.2 Å². The fraction of sp³-hybridized carbons (Fsp3) is 0.400. The molecule has 1 aliphatic carbocycles. The Balaban J connectivity index is 0.00000267. The van der Waals surface area contributed by atoms with Crippen molar-refractivity contribution < 1.29 is 13.5 Å². The third-order valence-corrected chi connectivity index (χ3v) is 8.00. The molecule has 6 heteroatoms. The molecule has 3 aliphatic rings. The standard InChI is InChI=1S/C30H32F2N2O.ClH/c31-22-13-27(30(28(32)14-22)35-19-21-9-5-2-6-10-21)26-17-29(26)33-23-15-24-11-12-25(16-23)34(24)18-20-7-3-1-4-8-20;/h1-10,13-14,23-26,29,33H,11-12,15-19H2;1H/t23?,24?,25?,26-,29+;/m0./s1. The van der Waals surface area contributed by atoms with E-state index in [0.29, 0.717) is 23.7 Å². The molecule has 2 aliphatic heterocycles. The maximum Gasteiger partial charge on any atom is 0.168 e. The maximum absolute atomic E-state index is 14.7. The topological polar surface area (TPSA) is 24.5 Å². The first-order chi connectivity index (χ1) is 17.1. The molecule has 36 heavy (non-hydrogen) atoms. The molecule has 3 fully saturated rings. The molecule has 0 spiro atoms. The Morgan fingerprint density at radius 1 is 0.833 bits per heavy atom. The number of ether oxygens (including phenoxy) is 1. The van der Waals surface area contributed by atoms with Gasteiger partial charge in [-0.15, -0.1) is 12.4 Å². The molecule has 6 rings (SSSR count). The van der Waals surface area contributed by atoms with E-state index < -0.39 is 11.6 Å². The van der Waals surface area contributed by atoms with E-state index in [1.54, 1.807) is 0 Å². The van der Waals surface area contributed by atoms with E-state index in [1.807, 2.05) is 30.3 Å². The van der Waals surface area contributed by atoms with E-state index in [4.69, 9.17) is 4.74 Å². The second-order valence-corrected chi connectivity index (χ2v) is 10.4. The summed E-state index contributed by atoms with van der Waals surface area (Å²) in [4.78, 5) is 2.69. The minimum atomic E-state index is -0.617. The van der Waals surface area contributed by atoms with Crippen molar-refractivity contribution in [3.8, 4) is 5.75 Å². The van der Waals surface area contributed by atoms with Crippen molar-refractivity contribution in [2.24, 2.45) is 0 Å². The molecular weight excluding hydrogens is 478 g/mol. The number of nitrogens with zero attached hydrogens (tertiary/aromatic N) is 1. The Hall–Kier alpha value is -2.47.